The lowest BCUT2D eigenvalue weighted by Crippen LogP contribution is -2.25. The monoisotopic (exact) mass is 231 g/mol. The summed E-state index contributed by atoms with van der Waals surface area (Å²) in [7, 11) is 0. The maximum Gasteiger partial charge on any atom is 0.262 e. The molecule has 86 valence electrons. The molecule has 0 atom stereocenters. The quantitative estimate of drug-likeness (QED) is 0.770. The van der Waals surface area contributed by atoms with E-state index in [-0.39, 0.29) is 18.4 Å². The van der Waals surface area contributed by atoms with E-state index in [1.807, 2.05) is 12.1 Å². The number of ether oxygens (including phenoxy) is 1. The van der Waals surface area contributed by atoms with Crippen LogP contribution in [0.15, 0.2) is 28.9 Å². The molecule has 1 aromatic heterocycles. The van der Waals surface area contributed by atoms with Crippen molar-refractivity contribution in [3.8, 4) is 16.9 Å². The van der Waals surface area contributed by atoms with Gasteiger partial charge in [-0.25, -0.2) is 0 Å². The van der Waals surface area contributed by atoms with E-state index in [1.54, 1.807) is 6.07 Å². The van der Waals surface area contributed by atoms with Gasteiger partial charge < -0.3 is 20.3 Å². The number of rotatable bonds is 1. The number of fused-ring (bicyclic) bond motifs is 1. The average Bonchev–Trinajstić information content (AvgIpc) is 2.74. The Morgan fingerprint density at radius 1 is 1.35 bits per heavy atom. The molecule has 2 aromatic rings. The van der Waals surface area contributed by atoms with Crippen LogP contribution in [0.2, 0.25) is 0 Å². The second-order valence-corrected chi connectivity index (χ2v) is 3.62. The molecule has 6 nitrogen and oxygen atoms in total. The minimum Gasteiger partial charge on any atom is -0.482 e. The van der Waals surface area contributed by atoms with E-state index in [0.29, 0.717) is 17.0 Å². The number of nitrogen functional groups attached to an aromatic ring is 1. The van der Waals surface area contributed by atoms with Gasteiger partial charge in [-0.05, 0) is 6.07 Å². The van der Waals surface area contributed by atoms with Gasteiger partial charge >= 0.3 is 0 Å². The Bertz CT molecular complexity index is 591. The van der Waals surface area contributed by atoms with Crippen LogP contribution in [-0.2, 0) is 4.79 Å². The van der Waals surface area contributed by atoms with Gasteiger partial charge in [0.15, 0.2) is 6.61 Å². The van der Waals surface area contributed by atoms with Crippen LogP contribution in [0, 0.1) is 0 Å². The Labute approximate surface area is 96.3 Å². The van der Waals surface area contributed by atoms with E-state index in [0.717, 1.165) is 5.56 Å². The van der Waals surface area contributed by atoms with Crippen LogP contribution in [0.4, 0.5) is 11.6 Å². The molecule has 3 N–H and O–H groups in total. The van der Waals surface area contributed by atoms with Crippen molar-refractivity contribution in [2.45, 2.75) is 0 Å². The summed E-state index contributed by atoms with van der Waals surface area (Å²) < 4.78 is 10.1. The van der Waals surface area contributed by atoms with Crippen molar-refractivity contribution in [3.63, 3.8) is 0 Å². The van der Waals surface area contributed by atoms with Crippen LogP contribution in [0.5, 0.6) is 5.75 Å². The third-order valence-corrected chi connectivity index (χ3v) is 2.54. The molecule has 0 spiro atoms. The summed E-state index contributed by atoms with van der Waals surface area (Å²) in [5.41, 5.74) is 7.62. The number of anilines is 2. The van der Waals surface area contributed by atoms with Crippen molar-refractivity contribution in [1.82, 2.24) is 5.16 Å². The Kier molecular flexibility index (Phi) is 2.01. The average molecular weight is 231 g/mol. The van der Waals surface area contributed by atoms with Crippen molar-refractivity contribution in [1.29, 1.82) is 0 Å². The largest absolute Gasteiger partial charge is 0.482 e. The topological polar surface area (TPSA) is 90.4 Å². The minimum absolute atomic E-state index is 0.0234. The van der Waals surface area contributed by atoms with Crippen molar-refractivity contribution in [2.24, 2.45) is 0 Å². The summed E-state index contributed by atoms with van der Waals surface area (Å²) >= 11 is 0. The van der Waals surface area contributed by atoms with Crippen LogP contribution in [0.25, 0.3) is 11.1 Å². The molecule has 17 heavy (non-hydrogen) atoms. The van der Waals surface area contributed by atoms with E-state index < -0.39 is 0 Å². The molecule has 0 radical (unpaired) electrons. The maximum atomic E-state index is 11.3. The second-order valence-electron chi connectivity index (χ2n) is 3.62. The number of nitrogens with zero attached hydrogens (tertiary/aromatic N) is 1. The first-order valence-electron chi connectivity index (χ1n) is 5.02. The SMILES string of the molecule is Nc1oncc1-c1cccc2c1NC(=O)CO2. The predicted octanol–water partition coefficient (Wildman–Crippen LogP) is 1.25. The number of hydrogen-bond acceptors (Lipinski definition) is 5. The van der Waals surface area contributed by atoms with Crippen LogP contribution < -0.4 is 15.8 Å². The summed E-state index contributed by atoms with van der Waals surface area (Å²) in [6, 6.07) is 5.41. The van der Waals surface area contributed by atoms with Crippen molar-refractivity contribution in [3.05, 3.63) is 24.4 Å². The lowest BCUT2D eigenvalue weighted by Gasteiger charge is -2.20. The molecule has 0 saturated heterocycles. The van der Waals surface area contributed by atoms with Crippen molar-refractivity contribution in [2.75, 3.05) is 17.7 Å². The third-order valence-electron chi connectivity index (χ3n) is 2.54. The first-order chi connectivity index (χ1) is 8.25. The van der Waals surface area contributed by atoms with Crippen LogP contribution in [0.1, 0.15) is 0 Å². The number of hydrogen-bond donors (Lipinski definition) is 2. The molecule has 0 saturated carbocycles. The third kappa shape index (κ3) is 1.50. The van der Waals surface area contributed by atoms with Crippen LogP contribution in [-0.4, -0.2) is 17.7 Å². The fourth-order valence-corrected chi connectivity index (χ4v) is 1.77. The number of carbonyl (C=O) groups excluding carboxylic acids is 1. The van der Waals surface area contributed by atoms with Gasteiger partial charge in [-0.2, -0.15) is 0 Å². The summed E-state index contributed by atoms with van der Waals surface area (Å²) in [5, 5.41) is 6.37. The molecular formula is C11H9N3O3. The van der Waals surface area contributed by atoms with Crippen LogP contribution in [0.3, 0.4) is 0 Å². The predicted molar refractivity (Wildman–Crippen MR) is 60.5 cm³/mol. The highest BCUT2D eigenvalue weighted by atomic mass is 16.5. The van der Waals surface area contributed by atoms with E-state index in [1.165, 1.54) is 6.20 Å². The molecule has 2 heterocycles. The van der Waals surface area contributed by atoms with Gasteiger partial charge in [0.2, 0.25) is 5.88 Å². The molecular weight excluding hydrogens is 222 g/mol. The van der Waals surface area contributed by atoms with Gasteiger partial charge in [-0.15, -0.1) is 0 Å². The van der Waals surface area contributed by atoms with Crippen molar-refractivity contribution < 1.29 is 14.1 Å². The Hall–Kier alpha value is -2.50. The highest BCUT2D eigenvalue weighted by Crippen LogP contribution is 2.39. The standard InChI is InChI=1S/C11H9N3O3/c12-11-7(4-13-17-11)6-2-1-3-8-10(6)14-9(15)5-16-8/h1-4H,5,12H2,(H,14,15). The number of amides is 1. The molecule has 1 aromatic carbocycles. The zero-order chi connectivity index (χ0) is 11.8. The van der Waals surface area contributed by atoms with Gasteiger partial charge in [0.05, 0.1) is 17.4 Å². The zero-order valence-corrected chi connectivity index (χ0v) is 8.77. The normalized spacial score (nSPS) is 13.8. The van der Waals surface area contributed by atoms with E-state index in [9.17, 15) is 4.79 Å². The molecule has 1 aliphatic rings. The summed E-state index contributed by atoms with van der Waals surface area (Å²) in [4.78, 5) is 11.3. The fourth-order valence-electron chi connectivity index (χ4n) is 1.77. The highest BCUT2D eigenvalue weighted by molar-refractivity contribution is 6.01. The lowest BCUT2D eigenvalue weighted by molar-refractivity contribution is -0.118. The molecule has 1 aliphatic heterocycles. The molecule has 6 heteroatoms. The Balaban J connectivity index is 2.18. The molecule has 0 bridgehead atoms. The number of para-hydroxylation sites is 1. The Morgan fingerprint density at radius 2 is 2.24 bits per heavy atom. The van der Waals surface area contributed by atoms with E-state index >= 15 is 0 Å². The van der Waals surface area contributed by atoms with Gasteiger partial charge in [-0.1, -0.05) is 17.3 Å². The van der Waals surface area contributed by atoms with Crippen molar-refractivity contribution >= 4 is 17.5 Å². The number of nitrogens with one attached hydrogen (secondary N) is 1. The zero-order valence-electron chi connectivity index (χ0n) is 8.77. The lowest BCUT2D eigenvalue weighted by atomic mass is 10.1. The smallest absolute Gasteiger partial charge is 0.262 e. The maximum absolute atomic E-state index is 11.3. The fraction of sp³-hybridized carbons (Fsp3) is 0.0909. The molecule has 3 rings (SSSR count). The summed E-state index contributed by atoms with van der Waals surface area (Å²) in [6.07, 6.45) is 1.51. The molecule has 1 amide bonds. The van der Waals surface area contributed by atoms with Gasteiger partial charge in [0, 0.05) is 5.56 Å². The van der Waals surface area contributed by atoms with Crippen LogP contribution >= 0.6 is 0 Å². The molecule has 0 fully saturated rings. The number of benzene rings is 1. The van der Waals surface area contributed by atoms with Gasteiger partial charge in [0.1, 0.15) is 5.75 Å². The van der Waals surface area contributed by atoms with E-state index in [4.69, 9.17) is 15.0 Å². The number of aromatic nitrogens is 1. The summed E-state index contributed by atoms with van der Waals surface area (Å²) in [6.45, 7) is 0.0234. The van der Waals surface area contributed by atoms with E-state index in [2.05, 4.69) is 10.5 Å². The number of carbonyl (C=O) groups is 1. The summed E-state index contributed by atoms with van der Waals surface area (Å²) in [5.74, 6) is 0.626. The highest BCUT2D eigenvalue weighted by Gasteiger charge is 2.21. The first kappa shape index (κ1) is 9.71. The van der Waals surface area contributed by atoms with Gasteiger partial charge in [-0.3, -0.25) is 4.79 Å². The first-order valence-corrected chi connectivity index (χ1v) is 5.02. The van der Waals surface area contributed by atoms with Gasteiger partial charge in [0.25, 0.3) is 5.91 Å². The number of nitrogens with two attached hydrogens (primary N) is 1. The second kappa shape index (κ2) is 3.51. The Morgan fingerprint density at radius 3 is 3.00 bits per heavy atom. The molecule has 0 aliphatic carbocycles. The minimum atomic E-state index is -0.194. The molecule has 0 unspecified atom stereocenters.